The molecule has 3 aliphatic carbocycles. The van der Waals surface area contributed by atoms with Gasteiger partial charge in [0.05, 0.1) is 33.8 Å². The zero-order chi connectivity index (χ0) is 25.5. The number of pyridine rings is 1. The number of aryl methyl sites for hydroxylation is 1. The second-order valence-corrected chi connectivity index (χ2v) is 12.0. The summed E-state index contributed by atoms with van der Waals surface area (Å²) in [6, 6.07) is 1.57. The van der Waals surface area contributed by atoms with Gasteiger partial charge in [0.1, 0.15) is 22.4 Å². The van der Waals surface area contributed by atoms with Crippen molar-refractivity contribution in [1.82, 2.24) is 19.9 Å². The summed E-state index contributed by atoms with van der Waals surface area (Å²) in [6.07, 6.45) is 9.01. The van der Waals surface area contributed by atoms with Crippen molar-refractivity contribution in [3.8, 4) is 10.6 Å². The number of aliphatic hydroxyl groups excluding tert-OH is 3. The standard InChI is InChI=1S/C27H36N6O3S/c1-14-20(26-32-22-19(37-26)9-11-28-21(22)16-6-7-16)25(31-18-12-17(13-34)23(35)24(18)36)33-27(30-14)29-10-8-15-4-2-3-5-15/h9,11,15-18,23-24,34-36H,2-8,10,12-13H2,1H3,(H2,29,30,31,33)/t17-,18-,23-,24+/m1/s1. The van der Waals surface area contributed by atoms with E-state index in [-0.39, 0.29) is 12.5 Å². The van der Waals surface area contributed by atoms with Crippen molar-refractivity contribution in [1.29, 1.82) is 0 Å². The van der Waals surface area contributed by atoms with Crippen LogP contribution < -0.4 is 10.6 Å². The highest BCUT2D eigenvalue weighted by Gasteiger charge is 2.41. The Bertz CT molecular complexity index is 1260. The van der Waals surface area contributed by atoms with E-state index in [9.17, 15) is 15.3 Å². The molecular formula is C27H36N6O3S. The molecule has 3 heterocycles. The smallest absolute Gasteiger partial charge is 0.224 e. The highest BCUT2D eigenvalue weighted by molar-refractivity contribution is 7.21. The molecule has 3 aromatic rings. The van der Waals surface area contributed by atoms with E-state index in [0.717, 1.165) is 63.9 Å². The van der Waals surface area contributed by atoms with Crippen molar-refractivity contribution in [3.63, 3.8) is 0 Å². The number of aromatic nitrogens is 4. The minimum absolute atomic E-state index is 0.172. The summed E-state index contributed by atoms with van der Waals surface area (Å²) in [6.45, 7) is 2.61. The maximum absolute atomic E-state index is 10.7. The van der Waals surface area contributed by atoms with Gasteiger partial charge >= 0.3 is 0 Å². The molecule has 4 atom stereocenters. The van der Waals surface area contributed by atoms with Gasteiger partial charge in [-0.05, 0) is 44.6 Å². The van der Waals surface area contributed by atoms with Crippen LogP contribution in [-0.4, -0.2) is 66.7 Å². The number of hydrogen-bond acceptors (Lipinski definition) is 10. The zero-order valence-electron chi connectivity index (χ0n) is 21.2. The lowest BCUT2D eigenvalue weighted by Crippen LogP contribution is -2.35. The Balaban J connectivity index is 1.33. The van der Waals surface area contributed by atoms with E-state index in [1.807, 2.05) is 19.2 Å². The van der Waals surface area contributed by atoms with Crippen molar-refractivity contribution >= 4 is 33.3 Å². The first-order valence-corrected chi connectivity index (χ1v) is 14.4. The molecule has 3 saturated carbocycles. The number of fused-ring (bicyclic) bond motifs is 1. The summed E-state index contributed by atoms with van der Waals surface area (Å²) >= 11 is 1.60. The summed E-state index contributed by atoms with van der Waals surface area (Å²) in [7, 11) is 0. The summed E-state index contributed by atoms with van der Waals surface area (Å²) in [5, 5.41) is 38.4. The molecule has 0 spiro atoms. The molecule has 198 valence electrons. The molecule has 0 saturated heterocycles. The van der Waals surface area contributed by atoms with Crippen LogP contribution in [0.5, 0.6) is 0 Å². The largest absolute Gasteiger partial charge is 0.396 e. The van der Waals surface area contributed by atoms with Gasteiger partial charge in [-0.25, -0.2) is 9.97 Å². The maximum Gasteiger partial charge on any atom is 0.224 e. The van der Waals surface area contributed by atoms with Gasteiger partial charge in [0.2, 0.25) is 5.95 Å². The molecule has 3 aliphatic rings. The Labute approximate surface area is 220 Å². The molecular weight excluding hydrogens is 488 g/mol. The predicted octanol–water partition coefficient (Wildman–Crippen LogP) is 3.84. The molecule has 3 fully saturated rings. The van der Waals surface area contributed by atoms with Gasteiger partial charge < -0.3 is 26.0 Å². The van der Waals surface area contributed by atoms with Gasteiger partial charge in [-0.2, -0.15) is 4.98 Å². The summed E-state index contributed by atoms with van der Waals surface area (Å²) in [4.78, 5) is 19.3. The molecule has 37 heavy (non-hydrogen) atoms. The molecule has 0 radical (unpaired) electrons. The zero-order valence-corrected chi connectivity index (χ0v) is 22.0. The minimum atomic E-state index is -1.000. The van der Waals surface area contributed by atoms with Crippen LogP contribution in [0.3, 0.4) is 0 Å². The molecule has 0 unspecified atom stereocenters. The van der Waals surface area contributed by atoms with Crippen LogP contribution in [-0.2, 0) is 0 Å². The van der Waals surface area contributed by atoms with Crippen molar-refractivity contribution < 1.29 is 15.3 Å². The molecule has 9 nitrogen and oxygen atoms in total. The highest BCUT2D eigenvalue weighted by Crippen LogP contribution is 2.44. The van der Waals surface area contributed by atoms with E-state index in [1.54, 1.807) is 11.3 Å². The normalized spacial score (nSPS) is 26.3. The maximum atomic E-state index is 10.7. The molecule has 0 amide bonds. The van der Waals surface area contributed by atoms with Crippen LogP contribution in [0.2, 0.25) is 0 Å². The number of hydrogen-bond donors (Lipinski definition) is 5. The van der Waals surface area contributed by atoms with Gasteiger partial charge in [-0.15, -0.1) is 11.3 Å². The number of thiazole rings is 1. The van der Waals surface area contributed by atoms with Gasteiger partial charge in [-0.3, -0.25) is 4.98 Å². The van der Waals surface area contributed by atoms with Crippen molar-refractivity contribution in [3.05, 3.63) is 23.7 Å². The van der Waals surface area contributed by atoms with E-state index < -0.39 is 18.2 Å². The number of aliphatic hydroxyl groups is 3. The quantitative estimate of drug-likeness (QED) is 0.283. The van der Waals surface area contributed by atoms with Gasteiger partial charge in [0.25, 0.3) is 0 Å². The average molecular weight is 525 g/mol. The van der Waals surface area contributed by atoms with Gasteiger partial charge in [0, 0.05) is 31.2 Å². The fourth-order valence-corrected chi connectivity index (χ4v) is 7.03. The van der Waals surface area contributed by atoms with E-state index in [0.29, 0.717) is 24.1 Å². The molecule has 0 aliphatic heterocycles. The Morgan fingerprint density at radius 3 is 2.59 bits per heavy atom. The number of nitrogens with one attached hydrogen (secondary N) is 2. The lowest BCUT2D eigenvalue weighted by Gasteiger charge is -2.21. The second kappa shape index (κ2) is 10.4. The van der Waals surface area contributed by atoms with E-state index in [1.165, 1.54) is 25.7 Å². The van der Waals surface area contributed by atoms with Crippen molar-refractivity contribution in [2.24, 2.45) is 11.8 Å². The van der Waals surface area contributed by atoms with Crippen molar-refractivity contribution in [2.45, 2.75) is 82.5 Å². The Morgan fingerprint density at radius 2 is 1.86 bits per heavy atom. The topological polar surface area (TPSA) is 136 Å². The van der Waals surface area contributed by atoms with E-state index in [4.69, 9.17) is 15.0 Å². The van der Waals surface area contributed by atoms with Gasteiger partial charge in [-0.1, -0.05) is 25.7 Å². The Hall–Kier alpha value is -2.40. The molecule has 10 heteroatoms. The first-order chi connectivity index (χ1) is 18.0. The summed E-state index contributed by atoms with van der Waals surface area (Å²) in [5.74, 6) is 2.02. The van der Waals surface area contributed by atoms with Crippen LogP contribution in [0, 0.1) is 18.8 Å². The van der Waals surface area contributed by atoms with Crippen LogP contribution in [0.15, 0.2) is 12.3 Å². The van der Waals surface area contributed by atoms with Crippen LogP contribution in [0.4, 0.5) is 11.8 Å². The van der Waals surface area contributed by atoms with Crippen LogP contribution in [0.1, 0.15) is 68.7 Å². The molecule has 5 N–H and O–H groups in total. The predicted molar refractivity (Wildman–Crippen MR) is 145 cm³/mol. The Kier molecular flexibility index (Phi) is 7.00. The number of nitrogens with zero attached hydrogens (tertiary/aromatic N) is 4. The fourth-order valence-electron chi connectivity index (χ4n) is 5.96. The average Bonchev–Trinajstić information content (AvgIpc) is 3.31. The fraction of sp³-hybridized carbons (Fsp3) is 0.630. The third-order valence-corrected chi connectivity index (χ3v) is 9.31. The number of rotatable bonds is 9. The summed E-state index contributed by atoms with van der Waals surface area (Å²) in [5.41, 5.74) is 3.62. The first-order valence-electron chi connectivity index (χ1n) is 13.6. The van der Waals surface area contributed by atoms with Crippen LogP contribution >= 0.6 is 11.3 Å². The number of anilines is 2. The van der Waals surface area contributed by atoms with E-state index in [2.05, 4.69) is 15.6 Å². The third kappa shape index (κ3) is 5.04. The third-order valence-electron chi connectivity index (χ3n) is 8.27. The minimum Gasteiger partial charge on any atom is -0.396 e. The SMILES string of the molecule is Cc1nc(NCCC2CCCC2)nc(N[C@@H]2C[C@H](CO)[C@@H](O)[C@H]2O)c1-c1nc2c(C3CC3)nccc2s1. The molecule has 0 bridgehead atoms. The summed E-state index contributed by atoms with van der Waals surface area (Å²) < 4.78 is 1.09. The first kappa shape index (κ1) is 24.9. The Morgan fingerprint density at radius 1 is 1.05 bits per heavy atom. The lowest BCUT2D eigenvalue weighted by molar-refractivity contribution is 0.00446. The monoisotopic (exact) mass is 524 g/mol. The van der Waals surface area contributed by atoms with E-state index >= 15 is 0 Å². The molecule has 0 aromatic carbocycles. The van der Waals surface area contributed by atoms with Crippen molar-refractivity contribution in [2.75, 3.05) is 23.8 Å². The molecule has 6 rings (SSSR count). The molecule has 3 aromatic heterocycles. The van der Waals surface area contributed by atoms with Crippen LogP contribution in [0.25, 0.3) is 20.8 Å². The highest BCUT2D eigenvalue weighted by atomic mass is 32.1. The van der Waals surface area contributed by atoms with Gasteiger partial charge in [0.15, 0.2) is 0 Å². The lowest BCUT2D eigenvalue weighted by atomic mass is 10.0. The second-order valence-electron chi connectivity index (χ2n) is 11.0.